The summed E-state index contributed by atoms with van der Waals surface area (Å²) in [6.45, 7) is 0. The van der Waals surface area contributed by atoms with E-state index in [0.717, 1.165) is 0 Å². The summed E-state index contributed by atoms with van der Waals surface area (Å²) in [7, 11) is 1.27. The van der Waals surface area contributed by atoms with Gasteiger partial charge in [-0.1, -0.05) is 35.9 Å². The SMILES string of the molecule is COC(=O)c1ccccc1N/C=C(/C#N)C(=O)Nc1ccccc1Cl. The van der Waals surface area contributed by atoms with Gasteiger partial charge < -0.3 is 15.4 Å². The summed E-state index contributed by atoms with van der Waals surface area (Å²) in [6.07, 6.45) is 1.22. The van der Waals surface area contributed by atoms with Crippen molar-refractivity contribution in [2.45, 2.75) is 0 Å². The van der Waals surface area contributed by atoms with Crippen molar-refractivity contribution in [3.05, 3.63) is 70.9 Å². The van der Waals surface area contributed by atoms with Crippen molar-refractivity contribution in [3.63, 3.8) is 0 Å². The highest BCUT2D eigenvalue weighted by Gasteiger charge is 2.13. The lowest BCUT2D eigenvalue weighted by molar-refractivity contribution is -0.112. The molecule has 1 amide bonds. The fourth-order valence-corrected chi connectivity index (χ4v) is 2.13. The summed E-state index contributed by atoms with van der Waals surface area (Å²) < 4.78 is 4.69. The number of methoxy groups -OCH3 is 1. The number of nitriles is 1. The maximum absolute atomic E-state index is 12.2. The monoisotopic (exact) mass is 355 g/mol. The largest absolute Gasteiger partial charge is 0.465 e. The van der Waals surface area contributed by atoms with Crippen LogP contribution in [-0.4, -0.2) is 19.0 Å². The summed E-state index contributed by atoms with van der Waals surface area (Å²) in [5, 5.41) is 14.9. The Labute approximate surface area is 149 Å². The maximum atomic E-state index is 12.2. The smallest absolute Gasteiger partial charge is 0.339 e. The zero-order valence-corrected chi connectivity index (χ0v) is 14.0. The van der Waals surface area contributed by atoms with Gasteiger partial charge in [0.05, 0.1) is 29.1 Å². The fraction of sp³-hybridized carbons (Fsp3) is 0.0556. The topological polar surface area (TPSA) is 91.2 Å². The minimum Gasteiger partial charge on any atom is -0.465 e. The zero-order valence-electron chi connectivity index (χ0n) is 13.2. The molecule has 0 bridgehead atoms. The highest BCUT2D eigenvalue weighted by Crippen LogP contribution is 2.21. The Kier molecular flexibility index (Phi) is 6.15. The van der Waals surface area contributed by atoms with Crippen molar-refractivity contribution in [3.8, 4) is 6.07 Å². The Morgan fingerprint density at radius 3 is 2.40 bits per heavy atom. The van der Waals surface area contributed by atoms with Gasteiger partial charge in [-0.3, -0.25) is 4.79 Å². The first-order chi connectivity index (χ1) is 12.1. The molecule has 6 nitrogen and oxygen atoms in total. The summed E-state index contributed by atoms with van der Waals surface area (Å²) in [5.41, 5.74) is 0.905. The molecule has 25 heavy (non-hydrogen) atoms. The van der Waals surface area contributed by atoms with Gasteiger partial charge in [-0.05, 0) is 24.3 Å². The molecule has 0 atom stereocenters. The van der Waals surface area contributed by atoms with Crippen molar-refractivity contribution < 1.29 is 14.3 Å². The molecule has 0 fully saturated rings. The summed E-state index contributed by atoms with van der Waals surface area (Å²) in [5.74, 6) is -1.16. The van der Waals surface area contributed by atoms with E-state index in [0.29, 0.717) is 16.4 Å². The van der Waals surface area contributed by atoms with Gasteiger partial charge in [0.25, 0.3) is 5.91 Å². The number of nitrogens with one attached hydrogen (secondary N) is 2. The molecule has 0 saturated heterocycles. The third-order valence-electron chi connectivity index (χ3n) is 3.19. The van der Waals surface area contributed by atoms with E-state index in [1.165, 1.54) is 13.3 Å². The van der Waals surface area contributed by atoms with E-state index in [4.69, 9.17) is 16.3 Å². The first-order valence-electron chi connectivity index (χ1n) is 7.17. The average molecular weight is 356 g/mol. The van der Waals surface area contributed by atoms with Crippen LogP contribution in [0.2, 0.25) is 5.02 Å². The van der Waals surface area contributed by atoms with Crippen LogP contribution >= 0.6 is 11.6 Å². The minimum absolute atomic E-state index is 0.181. The van der Waals surface area contributed by atoms with E-state index >= 15 is 0 Å². The van der Waals surface area contributed by atoms with Gasteiger partial charge in [0.2, 0.25) is 0 Å². The van der Waals surface area contributed by atoms with Crippen molar-refractivity contribution in [2.75, 3.05) is 17.7 Å². The van der Waals surface area contributed by atoms with E-state index < -0.39 is 11.9 Å². The second-order valence-electron chi connectivity index (χ2n) is 4.79. The molecule has 2 aromatic rings. The summed E-state index contributed by atoms with van der Waals surface area (Å²) >= 11 is 5.98. The quantitative estimate of drug-likeness (QED) is 0.486. The van der Waals surface area contributed by atoms with E-state index in [1.807, 2.05) is 0 Å². The molecule has 0 aliphatic rings. The number of nitrogens with zero attached hydrogens (tertiary/aromatic N) is 1. The molecule has 7 heteroatoms. The molecule has 0 aliphatic carbocycles. The third kappa shape index (κ3) is 4.59. The molecule has 0 spiro atoms. The lowest BCUT2D eigenvalue weighted by atomic mass is 10.2. The van der Waals surface area contributed by atoms with Gasteiger partial charge in [-0.15, -0.1) is 0 Å². The van der Waals surface area contributed by atoms with Crippen LogP contribution in [0.5, 0.6) is 0 Å². The second kappa shape index (κ2) is 8.52. The Hall–Kier alpha value is -3.30. The van der Waals surface area contributed by atoms with Gasteiger partial charge in [0, 0.05) is 6.20 Å². The normalized spacial score (nSPS) is 10.5. The number of para-hydroxylation sites is 2. The molecule has 0 radical (unpaired) electrons. The number of benzene rings is 2. The maximum Gasteiger partial charge on any atom is 0.339 e. The number of esters is 1. The number of hydrogen-bond acceptors (Lipinski definition) is 5. The first-order valence-corrected chi connectivity index (χ1v) is 7.54. The van der Waals surface area contributed by atoms with Crippen LogP contribution in [0.25, 0.3) is 0 Å². The Balaban J connectivity index is 2.19. The number of halogens is 1. The molecule has 0 unspecified atom stereocenters. The van der Waals surface area contributed by atoms with E-state index in [-0.39, 0.29) is 11.1 Å². The van der Waals surface area contributed by atoms with Crippen molar-refractivity contribution in [2.24, 2.45) is 0 Å². The second-order valence-corrected chi connectivity index (χ2v) is 5.19. The average Bonchev–Trinajstić information content (AvgIpc) is 2.64. The van der Waals surface area contributed by atoms with Crippen LogP contribution < -0.4 is 10.6 Å². The highest BCUT2D eigenvalue weighted by atomic mass is 35.5. The van der Waals surface area contributed by atoms with Gasteiger partial charge in [-0.25, -0.2) is 4.79 Å². The van der Waals surface area contributed by atoms with Crippen LogP contribution in [0.4, 0.5) is 11.4 Å². The Morgan fingerprint density at radius 1 is 1.12 bits per heavy atom. The highest BCUT2D eigenvalue weighted by molar-refractivity contribution is 6.34. The van der Waals surface area contributed by atoms with Crippen LogP contribution in [-0.2, 0) is 9.53 Å². The molecule has 2 rings (SSSR count). The van der Waals surface area contributed by atoms with Crippen LogP contribution in [0.1, 0.15) is 10.4 Å². The number of carbonyl (C=O) groups excluding carboxylic acids is 2. The molecule has 2 aromatic carbocycles. The van der Waals surface area contributed by atoms with Gasteiger partial charge in [0.1, 0.15) is 11.6 Å². The molecule has 0 heterocycles. The van der Waals surface area contributed by atoms with Gasteiger partial charge >= 0.3 is 5.97 Å². The number of ether oxygens (including phenoxy) is 1. The van der Waals surface area contributed by atoms with Crippen LogP contribution in [0, 0.1) is 11.3 Å². The summed E-state index contributed by atoms with van der Waals surface area (Å²) in [6, 6.07) is 15.1. The molecular formula is C18H14ClN3O3. The molecule has 0 saturated carbocycles. The summed E-state index contributed by atoms with van der Waals surface area (Å²) in [4.78, 5) is 23.9. The lowest BCUT2D eigenvalue weighted by Gasteiger charge is -2.09. The van der Waals surface area contributed by atoms with Crippen molar-refractivity contribution in [1.82, 2.24) is 0 Å². The molecule has 2 N–H and O–H groups in total. The number of rotatable bonds is 5. The van der Waals surface area contributed by atoms with Gasteiger partial charge in [-0.2, -0.15) is 5.26 Å². The molecule has 0 aliphatic heterocycles. The minimum atomic E-state index is -0.626. The number of amides is 1. The van der Waals surface area contributed by atoms with E-state index in [9.17, 15) is 14.9 Å². The number of carbonyl (C=O) groups is 2. The third-order valence-corrected chi connectivity index (χ3v) is 3.52. The van der Waals surface area contributed by atoms with E-state index in [1.54, 1.807) is 54.6 Å². The van der Waals surface area contributed by atoms with E-state index in [2.05, 4.69) is 10.6 Å². The predicted octanol–water partition coefficient (Wildman–Crippen LogP) is 3.58. The lowest BCUT2D eigenvalue weighted by Crippen LogP contribution is -2.15. The molecule has 0 aromatic heterocycles. The number of hydrogen-bond donors (Lipinski definition) is 2. The Morgan fingerprint density at radius 2 is 1.76 bits per heavy atom. The standard InChI is InChI=1S/C18H14ClN3O3/c1-25-18(24)13-6-2-4-8-15(13)21-11-12(10-20)17(23)22-16-9-5-3-7-14(16)19/h2-9,11,21H,1H3,(H,22,23)/b12-11-. The predicted molar refractivity (Wildman–Crippen MR) is 95.2 cm³/mol. The number of anilines is 2. The van der Waals surface area contributed by atoms with Crippen molar-refractivity contribution >= 4 is 34.9 Å². The molecular weight excluding hydrogens is 342 g/mol. The molecule has 126 valence electrons. The van der Waals surface area contributed by atoms with Crippen molar-refractivity contribution in [1.29, 1.82) is 5.26 Å². The Bertz CT molecular complexity index is 872. The first kappa shape index (κ1) is 18.0. The van der Waals surface area contributed by atoms with Gasteiger partial charge in [0.15, 0.2) is 0 Å². The fourth-order valence-electron chi connectivity index (χ4n) is 1.95. The van der Waals surface area contributed by atoms with Crippen LogP contribution in [0.3, 0.4) is 0 Å². The zero-order chi connectivity index (χ0) is 18.2. The van der Waals surface area contributed by atoms with Crippen LogP contribution in [0.15, 0.2) is 60.3 Å².